The molecule has 0 atom stereocenters. The molecule has 6 nitrogen and oxygen atoms in total. The van der Waals surface area contributed by atoms with Crippen LogP contribution in [0.25, 0.3) is 0 Å². The lowest BCUT2D eigenvalue weighted by Gasteiger charge is -2.11. The maximum atomic E-state index is 12.0. The van der Waals surface area contributed by atoms with Crippen LogP contribution in [0.15, 0.2) is 47.6 Å². The van der Waals surface area contributed by atoms with Crippen LogP contribution in [0.1, 0.15) is 36.2 Å². The Hall–Kier alpha value is -3.02. The fourth-order valence-electron chi connectivity index (χ4n) is 2.11. The third-order valence-electron chi connectivity index (χ3n) is 3.26. The zero-order valence-corrected chi connectivity index (χ0v) is 14.5. The number of benzene rings is 2. The lowest BCUT2D eigenvalue weighted by molar-refractivity contribution is 0.0955. The maximum absolute atomic E-state index is 12.0. The van der Waals surface area contributed by atoms with Crippen LogP contribution in [0.4, 0.5) is 5.69 Å². The smallest absolute Gasteiger partial charge is 0.271 e. The highest BCUT2D eigenvalue weighted by molar-refractivity contribution is 5.95. The van der Waals surface area contributed by atoms with Crippen molar-refractivity contribution < 1.29 is 14.3 Å². The van der Waals surface area contributed by atoms with Gasteiger partial charge in [-0.2, -0.15) is 5.10 Å². The van der Waals surface area contributed by atoms with Gasteiger partial charge in [0, 0.05) is 11.3 Å². The molecule has 0 saturated carbocycles. The molecule has 3 N–H and O–H groups in total. The number of amides is 1. The molecule has 0 spiro atoms. The Morgan fingerprint density at radius 2 is 2.00 bits per heavy atom. The Balaban J connectivity index is 2.04. The van der Waals surface area contributed by atoms with Gasteiger partial charge in [0.2, 0.25) is 0 Å². The average Bonchev–Trinajstić information content (AvgIpc) is 2.61. The van der Waals surface area contributed by atoms with E-state index in [9.17, 15) is 4.79 Å². The number of hydrazone groups is 1. The highest BCUT2D eigenvalue weighted by atomic mass is 16.5. The topological polar surface area (TPSA) is 85.9 Å². The van der Waals surface area contributed by atoms with Crippen LogP contribution in [0, 0.1) is 0 Å². The highest BCUT2D eigenvalue weighted by Crippen LogP contribution is 2.28. The van der Waals surface area contributed by atoms with Crippen LogP contribution >= 0.6 is 0 Å². The average molecular weight is 341 g/mol. The number of carbonyl (C=O) groups excluding carboxylic acids is 1. The highest BCUT2D eigenvalue weighted by Gasteiger charge is 2.06. The maximum Gasteiger partial charge on any atom is 0.271 e. The molecule has 0 aromatic heterocycles. The van der Waals surface area contributed by atoms with Crippen LogP contribution in [-0.2, 0) is 0 Å². The molecule has 2 aromatic carbocycles. The van der Waals surface area contributed by atoms with Gasteiger partial charge in [0.05, 0.1) is 19.4 Å². The van der Waals surface area contributed by atoms with E-state index >= 15 is 0 Å². The summed E-state index contributed by atoms with van der Waals surface area (Å²) in [5, 5.41) is 3.98. The number of ether oxygens (including phenoxy) is 2. The Labute approximate surface area is 147 Å². The van der Waals surface area contributed by atoms with Gasteiger partial charge in [-0.1, -0.05) is 13.0 Å². The van der Waals surface area contributed by atoms with Crippen molar-refractivity contribution in [3.63, 3.8) is 0 Å². The Morgan fingerprint density at radius 1 is 1.16 bits per heavy atom. The van der Waals surface area contributed by atoms with Crippen LogP contribution in [-0.4, -0.2) is 25.3 Å². The lowest BCUT2D eigenvalue weighted by Crippen LogP contribution is -2.17. The molecule has 2 aromatic rings. The molecule has 1 amide bonds. The van der Waals surface area contributed by atoms with Crippen molar-refractivity contribution in [2.45, 2.75) is 20.3 Å². The summed E-state index contributed by atoms with van der Waals surface area (Å²) in [6.45, 7) is 5.12. The number of nitrogens with two attached hydrogens (primary N) is 1. The summed E-state index contributed by atoms with van der Waals surface area (Å²) in [4.78, 5) is 12.0. The van der Waals surface area contributed by atoms with E-state index in [1.807, 2.05) is 32.0 Å². The van der Waals surface area contributed by atoms with Crippen molar-refractivity contribution >= 4 is 17.8 Å². The molecule has 6 heteroatoms. The Bertz CT molecular complexity index is 744. The van der Waals surface area contributed by atoms with Crippen molar-refractivity contribution in [1.29, 1.82) is 0 Å². The SMILES string of the molecule is CCCOc1ccc(/C=N\NC(=O)c2cccc(N)c2)cc1OCC. The molecule has 0 unspecified atom stereocenters. The molecular weight excluding hydrogens is 318 g/mol. The summed E-state index contributed by atoms with van der Waals surface area (Å²) in [7, 11) is 0. The number of nitrogens with zero attached hydrogens (tertiary/aromatic N) is 1. The van der Waals surface area contributed by atoms with E-state index in [-0.39, 0.29) is 5.91 Å². The molecular formula is C19H23N3O3. The van der Waals surface area contributed by atoms with Crippen LogP contribution in [0.2, 0.25) is 0 Å². The van der Waals surface area contributed by atoms with Gasteiger partial charge in [0.1, 0.15) is 0 Å². The minimum absolute atomic E-state index is 0.323. The van der Waals surface area contributed by atoms with E-state index in [2.05, 4.69) is 10.5 Å². The number of carbonyl (C=O) groups is 1. The molecule has 132 valence electrons. The zero-order chi connectivity index (χ0) is 18.1. The van der Waals surface area contributed by atoms with E-state index in [0.717, 1.165) is 12.0 Å². The van der Waals surface area contributed by atoms with E-state index in [1.165, 1.54) is 0 Å². The fraction of sp³-hybridized carbons (Fsp3) is 0.263. The summed E-state index contributed by atoms with van der Waals surface area (Å²) in [6.07, 6.45) is 2.47. The predicted octanol–water partition coefficient (Wildman–Crippen LogP) is 3.22. The second kappa shape index (κ2) is 9.32. The van der Waals surface area contributed by atoms with Crippen LogP contribution < -0.4 is 20.6 Å². The molecule has 25 heavy (non-hydrogen) atoms. The summed E-state index contributed by atoms with van der Waals surface area (Å²) >= 11 is 0. The van der Waals surface area contributed by atoms with Gasteiger partial charge in [-0.05, 0) is 55.3 Å². The van der Waals surface area contributed by atoms with E-state index in [1.54, 1.807) is 30.5 Å². The lowest BCUT2D eigenvalue weighted by atomic mass is 10.2. The summed E-state index contributed by atoms with van der Waals surface area (Å²) < 4.78 is 11.3. The van der Waals surface area contributed by atoms with Gasteiger partial charge < -0.3 is 15.2 Å². The molecule has 0 aliphatic carbocycles. The summed E-state index contributed by atoms with van der Waals surface area (Å²) in [6, 6.07) is 12.2. The third-order valence-corrected chi connectivity index (χ3v) is 3.26. The van der Waals surface area contributed by atoms with Gasteiger partial charge in [-0.25, -0.2) is 5.43 Å². The molecule has 0 aliphatic rings. The molecule has 2 rings (SSSR count). The number of anilines is 1. The van der Waals surface area contributed by atoms with Crippen molar-refractivity contribution in [3.05, 3.63) is 53.6 Å². The quantitative estimate of drug-likeness (QED) is 0.438. The number of nitrogens with one attached hydrogen (secondary N) is 1. The number of nitrogen functional groups attached to an aromatic ring is 1. The molecule has 0 radical (unpaired) electrons. The van der Waals surface area contributed by atoms with Crippen molar-refractivity contribution in [2.75, 3.05) is 18.9 Å². The molecule has 0 aliphatic heterocycles. The fourth-order valence-corrected chi connectivity index (χ4v) is 2.11. The predicted molar refractivity (Wildman–Crippen MR) is 99.3 cm³/mol. The third kappa shape index (κ3) is 5.53. The largest absolute Gasteiger partial charge is 0.490 e. The van der Waals surface area contributed by atoms with E-state index < -0.39 is 0 Å². The number of hydrogen-bond acceptors (Lipinski definition) is 5. The first-order valence-corrected chi connectivity index (χ1v) is 8.22. The van der Waals surface area contributed by atoms with E-state index in [4.69, 9.17) is 15.2 Å². The van der Waals surface area contributed by atoms with Gasteiger partial charge in [0.15, 0.2) is 11.5 Å². The number of rotatable bonds is 8. The second-order valence-corrected chi connectivity index (χ2v) is 5.31. The molecule has 0 saturated heterocycles. The first kappa shape index (κ1) is 18.3. The van der Waals surface area contributed by atoms with Crippen molar-refractivity contribution in [1.82, 2.24) is 5.43 Å². The number of hydrogen-bond donors (Lipinski definition) is 2. The van der Waals surface area contributed by atoms with Gasteiger partial charge in [0.25, 0.3) is 5.91 Å². The minimum Gasteiger partial charge on any atom is -0.490 e. The molecule has 0 bridgehead atoms. The summed E-state index contributed by atoms with van der Waals surface area (Å²) in [5.74, 6) is 1.03. The van der Waals surface area contributed by atoms with Gasteiger partial charge in [-0.15, -0.1) is 0 Å². The monoisotopic (exact) mass is 341 g/mol. The second-order valence-electron chi connectivity index (χ2n) is 5.31. The van der Waals surface area contributed by atoms with Crippen molar-refractivity contribution in [3.8, 4) is 11.5 Å². The first-order valence-electron chi connectivity index (χ1n) is 8.22. The summed E-state index contributed by atoms with van der Waals surface area (Å²) in [5.41, 5.74) is 9.92. The van der Waals surface area contributed by atoms with Crippen molar-refractivity contribution in [2.24, 2.45) is 5.10 Å². The normalized spacial score (nSPS) is 10.6. The van der Waals surface area contributed by atoms with Gasteiger partial charge in [-0.3, -0.25) is 4.79 Å². The van der Waals surface area contributed by atoms with E-state index in [0.29, 0.717) is 36.0 Å². The van der Waals surface area contributed by atoms with Gasteiger partial charge >= 0.3 is 0 Å². The van der Waals surface area contributed by atoms with Crippen LogP contribution in [0.5, 0.6) is 11.5 Å². The Kier molecular flexibility index (Phi) is 6.83. The minimum atomic E-state index is -0.323. The molecule has 0 heterocycles. The Morgan fingerprint density at radius 3 is 2.72 bits per heavy atom. The zero-order valence-electron chi connectivity index (χ0n) is 14.5. The standard InChI is InChI=1S/C19H23N3O3/c1-3-10-25-17-9-8-14(11-18(17)24-4-2)13-21-22-19(23)15-6-5-7-16(20)12-15/h5-9,11-13H,3-4,10,20H2,1-2H3,(H,22,23)/b21-13-. The molecule has 0 fully saturated rings. The van der Waals surface area contributed by atoms with Crippen LogP contribution in [0.3, 0.4) is 0 Å². The first-order chi connectivity index (χ1) is 12.1.